The predicted octanol–water partition coefficient (Wildman–Crippen LogP) is 2.50. The van der Waals surface area contributed by atoms with E-state index in [-0.39, 0.29) is 0 Å². The zero-order chi connectivity index (χ0) is 15.5. The van der Waals surface area contributed by atoms with Gasteiger partial charge in [0.1, 0.15) is 11.5 Å². The largest absolute Gasteiger partial charge is 0.495 e. The van der Waals surface area contributed by atoms with Crippen molar-refractivity contribution in [3.05, 3.63) is 17.2 Å². The highest BCUT2D eigenvalue weighted by Crippen LogP contribution is 2.36. The monoisotopic (exact) mass is 334 g/mol. The van der Waals surface area contributed by atoms with E-state index in [1.165, 1.54) is 24.6 Å². The third-order valence-corrected chi connectivity index (χ3v) is 5.19. The van der Waals surface area contributed by atoms with E-state index in [1.54, 1.807) is 6.07 Å². The predicted molar refractivity (Wildman–Crippen MR) is 82.5 cm³/mol. The highest BCUT2D eigenvalue weighted by Gasteiger charge is 2.25. The third-order valence-electron chi connectivity index (χ3n) is 3.37. The van der Waals surface area contributed by atoms with E-state index < -0.39 is 10.2 Å². The van der Waals surface area contributed by atoms with Crippen molar-refractivity contribution in [2.24, 2.45) is 0 Å². The van der Waals surface area contributed by atoms with Gasteiger partial charge < -0.3 is 9.47 Å². The van der Waals surface area contributed by atoms with Crippen LogP contribution >= 0.6 is 11.6 Å². The minimum Gasteiger partial charge on any atom is -0.495 e. The Bertz CT molecular complexity index is 600. The van der Waals surface area contributed by atoms with Crippen LogP contribution in [-0.4, -0.2) is 40.0 Å². The first-order chi connectivity index (χ1) is 9.97. The molecule has 1 aliphatic rings. The van der Waals surface area contributed by atoms with Crippen LogP contribution < -0.4 is 14.2 Å². The molecule has 0 radical (unpaired) electrons. The molecule has 1 heterocycles. The minimum absolute atomic E-state index is 0.300. The molecule has 6 nitrogen and oxygen atoms in total. The molecule has 1 aromatic rings. The highest BCUT2D eigenvalue weighted by molar-refractivity contribution is 7.90. The Hall–Kier alpha value is -1.18. The van der Waals surface area contributed by atoms with Crippen LogP contribution in [0.2, 0.25) is 5.02 Å². The van der Waals surface area contributed by atoms with Crippen molar-refractivity contribution in [1.82, 2.24) is 4.31 Å². The summed E-state index contributed by atoms with van der Waals surface area (Å²) in [6, 6.07) is 3.04. The standard InChI is InChI=1S/C13H19ClN2O4S/c1-19-12-9-13(20-2)11(8-10(12)14)15-21(17,18)16-6-4-3-5-7-16/h8-9,15H,3-7H2,1-2H3. The van der Waals surface area contributed by atoms with Crippen molar-refractivity contribution in [1.29, 1.82) is 0 Å². The number of rotatable bonds is 5. The zero-order valence-electron chi connectivity index (χ0n) is 12.1. The topological polar surface area (TPSA) is 67.9 Å². The summed E-state index contributed by atoms with van der Waals surface area (Å²) in [6.07, 6.45) is 2.81. The lowest BCUT2D eigenvalue weighted by molar-refractivity contribution is 0.348. The van der Waals surface area contributed by atoms with Crippen molar-refractivity contribution >= 4 is 27.5 Å². The molecule has 0 unspecified atom stereocenters. The number of hydrogen-bond donors (Lipinski definition) is 1. The molecule has 0 aromatic heterocycles. The lowest BCUT2D eigenvalue weighted by Crippen LogP contribution is -2.39. The van der Waals surface area contributed by atoms with Gasteiger partial charge in [-0.3, -0.25) is 4.72 Å². The lowest BCUT2D eigenvalue weighted by atomic mass is 10.2. The molecule has 0 bridgehead atoms. The maximum absolute atomic E-state index is 12.4. The van der Waals surface area contributed by atoms with Crippen molar-refractivity contribution in [3.8, 4) is 11.5 Å². The van der Waals surface area contributed by atoms with E-state index in [9.17, 15) is 8.42 Å². The van der Waals surface area contributed by atoms with Crippen LogP contribution in [0, 0.1) is 0 Å². The molecule has 2 rings (SSSR count). The molecule has 0 atom stereocenters. The molecule has 0 saturated carbocycles. The number of anilines is 1. The molecule has 0 spiro atoms. The summed E-state index contributed by atoms with van der Waals surface area (Å²) in [5, 5.41) is 0.314. The van der Waals surface area contributed by atoms with Crippen LogP contribution in [0.25, 0.3) is 0 Å². The van der Waals surface area contributed by atoms with Crippen LogP contribution in [0.15, 0.2) is 12.1 Å². The summed E-state index contributed by atoms with van der Waals surface area (Å²) in [6.45, 7) is 1.06. The third kappa shape index (κ3) is 3.72. The summed E-state index contributed by atoms with van der Waals surface area (Å²) in [7, 11) is -0.657. The van der Waals surface area contributed by atoms with Crippen molar-refractivity contribution in [2.75, 3.05) is 32.0 Å². The molecular weight excluding hydrogens is 316 g/mol. The lowest BCUT2D eigenvalue weighted by Gasteiger charge is -2.26. The van der Waals surface area contributed by atoms with Gasteiger partial charge in [0, 0.05) is 19.2 Å². The Morgan fingerprint density at radius 2 is 1.71 bits per heavy atom. The first-order valence-electron chi connectivity index (χ1n) is 6.67. The van der Waals surface area contributed by atoms with E-state index in [2.05, 4.69) is 4.72 Å². The zero-order valence-corrected chi connectivity index (χ0v) is 13.6. The van der Waals surface area contributed by atoms with Gasteiger partial charge in [0.15, 0.2) is 0 Å². The molecule has 1 aromatic carbocycles. The van der Waals surface area contributed by atoms with Crippen molar-refractivity contribution in [2.45, 2.75) is 19.3 Å². The molecule has 118 valence electrons. The van der Waals surface area contributed by atoms with Gasteiger partial charge in [-0.05, 0) is 18.9 Å². The van der Waals surface area contributed by atoms with E-state index in [1.807, 2.05) is 0 Å². The van der Waals surface area contributed by atoms with Gasteiger partial charge in [-0.25, -0.2) is 0 Å². The second-order valence-corrected chi connectivity index (χ2v) is 6.83. The van der Waals surface area contributed by atoms with Gasteiger partial charge >= 0.3 is 10.2 Å². The number of nitrogens with zero attached hydrogens (tertiary/aromatic N) is 1. The fourth-order valence-corrected chi connectivity index (χ4v) is 3.79. The number of hydrogen-bond acceptors (Lipinski definition) is 4. The van der Waals surface area contributed by atoms with E-state index >= 15 is 0 Å². The normalized spacial score (nSPS) is 16.5. The van der Waals surface area contributed by atoms with Gasteiger partial charge in [0.2, 0.25) is 0 Å². The number of ether oxygens (including phenoxy) is 2. The first kappa shape index (κ1) is 16.2. The van der Waals surface area contributed by atoms with Gasteiger partial charge in [-0.2, -0.15) is 12.7 Å². The SMILES string of the molecule is COc1cc(OC)c(NS(=O)(=O)N2CCCCC2)cc1Cl. The second-order valence-electron chi connectivity index (χ2n) is 4.75. The first-order valence-corrected chi connectivity index (χ1v) is 8.49. The number of benzene rings is 1. The summed E-state index contributed by atoms with van der Waals surface area (Å²) >= 11 is 6.04. The van der Waals surface area contributed by atoms with Crippen LogP contribution in [-0.2, 0) is 10.2 Å². The molecule has 1 saturated heterocycles. The fourth-order valence-electron chi connectivity index (χ4n) is 2.25. The Morgan fingerprint density at radius 3 is 2.29 bits per heavy atom. The van der Waals surface area contributed by atoms with Gasteiger partial charge in [-0.15, -0.1) is 0 Å². The Morgan fingerprint density at radius 1 is 1.10 bits per heavy atom. The molecule has 0 aliphatic carbocycles. The average Bonchev–Trinajstić information content (AvgIpc) is 2.48. The maximum Gasteiger partial charge on any atom is 0.301 e. The van der Waals surface area contributed by atoms with Crippen LogP contribution in [0.4, 0.5) is 5.69 Å². The summed E-state index contributed by atoms with van der Waals surface area (Å²) < 4.78 is 39.0. The van der Waals surface area contributed by atoms with Crippen molar-refractivity contribution < 1.29 is 17.9 Å². The van der Waals surface area contributed by atoms with Gasteiger partial charge in [-0.1, -0.05) is 18.0 Å². The number of halogens is 1. The van der Waals surface area contributed by atoms with Crippen molar-refractivity contribution in [3.63, 3.8) is 0 Å². The number of piperidine rings is 1. The molecule has 21 heavy (non-hydrogen) atoms. The summed E-state index contributed by atoms with van der Waals surface area (Å²) in [5.41, 5.74) is 0.300. The van der Waals surface area contributed by atoms with E-state index in [4.69, 9.17) is 21.1 Å². The summed E-state index contributed by atoms with van der Waals surface area (Å²) in [5.74, 6) is 0.784. The Balaban J connectivity index is 2.27. The molecule has 0 amide bonds. The minimum atomic E-state index is -3.60. The highest BCUT2D eigenvalue weighted by atomic mass is 35.5. The summed E-state index contributed by atoms with van der Waals surface area (Å²) in [4.78, 5) is 0. The molecule has 1 aliphatic heterocycles. The maximum atomic E-state index is 12.4. The number of nitrogens with one attached hydrogen (secondary N) is 1. The van der Waals surface area contributed by atoms with E-state index in [0.717, 1.165) is 19.3 Å². The molecule has 1 N–H and O–H groups in total. The molecule has 8 heteroatoms. The molecule has 1 fully saturated rings. The van der Waals surface area contributed by atoms with Gasteiger partial charge in [0.05, 0.1) is 24.9 Å². The van der Waals surface area contributed by atoms with Crippen LogP contribution in [0.5, 0.6) is 11.5 Å². The van der Waals surface area contributed by atoms with Crippen LogP contribution in [0.3, 0.4) is 0 Å². The van der Waals surface area contributed by atoms with E-state index in [0.29, 0.717) is 35.3 Å². The quantitative estimate of drug-likeness (QED) is 0.898. The number of methoxy groups -OCH3 is 2. The van der Waals surface area contributed by atoms with Gasteiger partial charge in [0.25, 0.3) is 0 Å². The fraction of sp³-hybridized carbons (Fsp3) is 0.538. The Labute approximate surface area is 130 Å². The average molecular weight is 335 g/mol. The molecular formula is C13H19ClN2O4S. The van der Waals surface area contributed by atoms with Crippen LogP contribution in [0.1, 0.15) is 19.3 Å². The second kappa shape index (κ2) is 6.72. The Kier molecular flexibility index (Phi) is 5.18. The smallest absolute Gasteiger partial charge is 0.301 e.